The van der Waals surface area contributed by atoms with Gasteiger partial charge >= 0.3 is 24.2 Å². The van der Waals surface area contributed by atoms with E-state index in [1.165, 1.54) is 38.7 Å². The van der Waals surface area contributed by atoms with E-state index < -0.39 is 47.3 Å². The highest BCUT2D eigenvalue weighted by atomic mass is 19.4. The van der Waals surface area contributed by atoms with E-state index in [-0.39, 0.29) is 42.2 Å². The Morgan fingerprint density at radius 3 is 2.21 bits per heavy atom. The molecule has 68 heavy (non-hydrogen) atoms. The predicted octanol–water partition coefficient (Wildman–Crippen LogP) is 5.29. The van der Waals surface area contributed by atoms with Crippen molar-refractivity contribution in [3.05, 3.63) is 71.7 Å². The van der Waals surface area contributed by atoms with E-state index in [1.807, 2.05) is 27.7 Å². The zero-order chi connectivity index (χ0) is 50.5. The van der Waals surface area contributed by atoms with Crippen molar-refractivity contribution in [3.63, 3.8) is 0 Å². The molecule has 5 N–H and O–H groups in total. The van der Waals surface area contributed by atoms with Gasteiger partial charge in [-0.25, -0.2) is 28.7 Å². The third kappa shape index (κ3) is 14.2. The molecule has 0 bridgehead atoms. The van der Waals surface area contributed by atoms with Crippen LogP contribution in [0.2, 0.25) is 0 Å². The van der Waals surface area contributed by atoms with Crippen molar-refractivity contribution in [3.8, 4) is 17.0 Å². The van der Waals surface area contributed by atoms with Gasteiger partial charge in [-0.2, -0.15) is 17.6 Å². The van der Waals surface area contributed by atoms with Gasteiger partial charge in [-0.1, -0.05) is 6.92 Å². The zero-order valence-electron chi connectivity index (χ0n) is 38.0. The number of rotatable bonds is 13. The number of aryl methyl sites for hydroxylation is 1. The molecule has 2 aromatic heterocycles. The first-order valence-corrected chi connectivity index (χ1v) is 21.0. The molecular formula is C44H53F5N8O11. The number of nitrogens with zero attached hydrogens (tertiary/aromatic N) is 5. The SMILES string of the molecule is CCc1cc(Nc2nccn3c(-c4ccc(OC)c(F)c4F)cnc23)ccc1C(=O)N[C@@H](CNC(=O)C1CCN(CC2CN(C(=O)OC(C)(C)C)C2)CC1)C(=O)OC.O=C(O)C(F)(F)F.O=CO. The number of carbonyl (C=O) groups excluding carboxylic acids is 4. The summed E-state index contributed by atoms with van der Waals surface area (Å²) in [5.74, 6) is -6.10. The molecule has 3 amide bonds. The number of imidazole rings is 1. The van der Waals surface area contributed by atoms with E-state index in [0.29, 0.717) is 72.2 Å². The fourth-order valence-corrected chi connectivity index (χ4v) is 7.24. The van der Waals surface area contributed by atoms with Gasteiger partial charge in [0.15, 0.2) is 23.0 Å². The summed E-state index contributed by atoms with van der Waals surface area (Å²) in [6.45, 7) is 10.7. The lowest BCUT2D eigenvalue weighted by molar-refractivity contribution is -0.192. The van der Waals surface area contributed by atoms with Crippen LogP contribution in [0.4, 0.5) is 38.3 Å². The summed E-state index contributed by atoms with van der Waals surface area (Å²) in [7, 11) is 2.48. The number of aliphatic carboxylic acids is 1. The minimum Gasteiger partial charge on any atom is -0.494 e. The van der Waals surface area contributed by atoms with Crippen LogP contribution in [-0.2, 0) is 35.1 Å². The number of hydrogen-bond acceptors (Lipinski definition) is 13. The highest BCUT2D eigenvalue weighted by Crippen LogP contribution is 2.32. The number of likely N-dealkylation sites (tertiary alicyclic amines) is 2. The first-order chi connectivity index (χ1) is 32.0. The monoisotopic (exact) mass is 964 g/mol. The van der Waals surface area contributed by atoms with Crippen molar-refractivity contribution < 1.29 is 75.1 Å². The van der Waals surface area contributed by atoms with Crippen LogP contribution in [0.25, 0.3) is 16.9 Å². The first kappa shape index (κ1) is 53.5. The molecule has 4 aromatic rings. The van der Waals surface area contributed by atoms with Gasteiger partial charge < -0.3 is 50.2 Å². The topological polar surface area (TPSA) is 243 Å². The van der Waals surface area contributed by atoms with Crippen LogP contribution in [0.15, 0.2) is 48.9 Å². The number of halogens is 5. The number of carboxylic acids is 1. The smallest absolute Gasteiger partial charge is 0.490 e. The van der Waals surface area contributed by atoms with E-state index in [0.717, 1.165) is 19.6 Å². The molecule has 0 radical (unpaired) electrons. The molecule has 4 heterocycles. The number of methoxy groups -OCH3 is 2. The van der Waals surface area contributed by atoms with Crippen LogP contribution in [0.3, 0.4) is 0 Å². The minimum absolute atomic E-state index is 0.00644. The summed E-state index contributed by atoms with van der Waals surface area (Å²) in [6, 6.07) is 6.68. The van der Waals surface area contributed by atoms with Crippen LogP contribution in [-0.4, -0.2) is 142 Å². The van der Waals surface area contributed by atoms with Crippen molar-refractivity contribution in [1.82, 2.24) is 34.8 Å². The Hall–Kier alpha value is -7.11. The van der Waals surface area contributed by atoms with Gasteiger partial charge in [0.1, 0.15) is 11.6 Å². The normalized spacial score (nSPS) is 14.7. The summed E-state index contributed by atoms with van der Waals surface area (Å²) in [6.07, 6.45) is 0.884. The number of anilines is 2. The molecule has 2 aliphatic heterocycles. The second-order valence-electron chi connectivity index (χ2n) is 16.4. The van der Waals surface area contributed by atoms with Crippen LogP contribution in [0.5, 0.6) is 5.75 Å². The molecule has 0 saturated carbocycles. The quantitative estimate of drug-likeness (QED) is 0.0650. The second kappa shape index (κ2) is 23.6. The Morgan fingerprint density at radius 2 is 1.63 bits per heavy atom. The van der Waals surface area contributed by atoms with Gasteiger partial charge in [0.05, 0.1) is 26.1 Å². The second-order valence-corrected chi connectivity index (χ2v) is 16.4. The maximum absolute atomic E-state index is 15.0. The van der Waals surface area contributed by atoms with Gasteiger partial charge in [0, 0.05) is 67.2 Å². The van der Waals surface area contributed by atoms with Crippen LogP contribution in [0, 0.1) is 23.5 Å². The Balaban J connectivity index is 0.000000913. The number of carboxylic acid groups (broad SMARTS) is 2. The van der Waals surface area contributed by atoms with Crippen LogP contribution < -0.4 is 20.7 Å². The summed E-state index contributed by atoms with van der Waals surface area (Å²) in [5.41, 5.74) is 1.69. The third-order valence-electron chi connectivity index (χ3n) is 10.6. The number of alkyl halides is 3. The predicted molar refractivity (Wildman–Crippen MR) is 233 cm³/mol. The van der Waals surface area contributed by atoms with Gasteiger partial charge in [-0.3, -0.25) is 18.8 Å². The summed E-state index contributed by atoms with van der Waals surface area (Å²) in [5, 5.41) is 22.8. The molecule has 2 aliphatic rings. The lowest BCUT2D eigenvalue weighted by Gasteiger charge is -2.43. The molecule has 2 fully saturated rings. The van der Waals surface area contributed by atoms with E-state index in [1.54, 1.807) is 33.7 Å². The largest absolute Gasteiger partial charge is 0.494 e. The fraction of sp³-hybridized carbons (Fsp3) is 0.455. The molecule has 0 unspecified atom stereocenters. The van der Waals surface area contributed by atoms with E-state index >= 15 is 0 Å². The average molecular weight is 965 g/mol. The molecule has 1 atom stereocenters. The number of hydrogen-bond donors (Lipinski definition) is 5. The highest BCUT2D eigenvalue weighted by molar-refractivity contribution is 5.98. The van der Waals surface area contributed by atoms with Crippen molar-refractivity contribution in [2.24, 2.45) is 11.8 Å². The average Bonchev–Trinajstić information content (AvgIpc) is 3.71. The number of ether oxygens (including phenoxy) is 3. The Morgan fingerprint density at radius 1 is 0.985 bits per heavy atom. The van der Waals surface area contributed by atoms with Crippen LogP contribution in [0.1, 0.15) is 56.5 Å². The molecule has 24 heteroatoms. The maximum Gasteiger partial charge on any atom is 0.490 e. The number of esters is 1. The van der Waals surface area contributed by atoms with Crippen molar-refractivity contribution >= 4 is 53.5 Å². The van der Waals surface area contributed by atoms with E-state index in [2.05, 4.69) is 30.8 Å². The number of fused-ring (bicyclic) bond motifs is 1. The van der Waals surface area contributed by atoms with Crippen molar-refractivity contribution in [2.45, 2.75) is 64.8 Å². The molecule has 370 valence electrons. The Bertz CT molecular complexity index is 2430. The van der Waals surface area contributed by atoms with Gasteiger partial charge in [0.2, 0.25) is 11.7 Å². The summed E-state index contributed by atoms with van der Waals surface area (Å²) >= 11 is 0. The van der Waals surface area contributed by atoms with Gasteiger partial charge in [-0.15, -0.1) is 0 Å². The molecular weight excluding hydrogens is 912 g/mol. The van der Waals surface area contributed by atoms with Gasteiger partial charge in [0.25, 0.3) is 12.4 Å². The molecule has 19 nitrogen and oxygen atoms in total. The fourth-order valence-electron chi connectivity index (χ4n) is 7.24. The number of carbonyl (C=O) groups is 6. The number of aromatic nitrogens is 3. The number of amides is 3. The molecule has 0 aliphatic carbocycles. The lowest BCUT2D eigenvalue weighted by Crippen LogP contribution is -2.55. The molecule has 0 spiro atoms. The summed E-state index contributed by atoms with van der Waals surface area (Å²) < 4.78 is 78.1. The Labute approximate surface area is 386 Å². The number of piperidine rings is 1. The number of nitrogens with one attached hydrogen (secondary N) is 3. The standard InChI is InChI=1S/C41H50F2N8O7.C2HF3O2.CH2O2/c1-7-25-18-27(47-35-36-45-20-31(51(36)17-14-44-35)29-10-11-32(56-5)34(43)33(29)42)8-9-28(25)38(53)48-30(39(54)57-6)19-46-37(52)26-12-15-49(16-13-26)21-24-22-50(23-24)40(55)58-41(2,3)4;3-2(4,5)1(6)7;2-1-3/h8-11,14,17-18,20,24,26,30H,7,12-13,15-16,19,21-23H2,1-6H3,(H,44,47)(H,46,52)(H,48,53);(H,6,7);1H,(H,2,3)/t30-;;/m0../s1. The Kier molecular flexibility index (Phi) is 18.5. The van der Waals surface area contributed by atoms with Gasteiger partial charge in [-0.05, 0) is 89.0 Å². The maximum atomic E-state index is 15.0. The zero-order valence-corrected chi connectivity index (χ0v) is 38.0. The molecule has 6 rings (SSSR count). The molecule has 2 aromatic carbocycles. The summed E-state index contributed by atoms with van der Waals surface area (Å²) in [4.78, 5) is 81.9. The highest BCUT2D eigenvalue weighted by Gasteiger charge is 2.38. The van der Waals surface area contributed by atoms with Crippen molar-refractivity contribution in [2.75, 3.05) is 58.8 Å². The third-order valence-corrected chi connectivity index (χ3v) is 10.6. The van der Waals surface area contributed by atoms with Crippen molar-refractivity contribution in [1.29, 1.82) is 0 Å². The minimum atomic E-state index is -5.08. The first-order valence-electron chi connectivity index (χ1n) is 21.0. The number of benzene rings is 2. The van der Waals surface area contributed by atoms with E-state index in [4.69, 9.17) is 34.0 Å². The lowest BCUT2D eigenvalue weighted by atomic mass is 9.93. The van der Waals surface area contributed by atoms with E-state index in [9.17, 15) is 41.1 Å². The molecule has 2 saturated heterocycles. The van der Waals surface area contributed by atoms with Crippen LogP contribution >= 0.6 is 0 Å².